The molecule has 0 saturated carbocycles. The SMILES string of the molecule is CC(C)c1nc2c(c(-c3ccc(F)cc3)c1/C=C/[C@@H](O)C[C@@H](O)CC(=O)O)CCCc1ccc(S(=O)(=O)NCCCN(C)C)cc1-2. The summed E-state index contributed by atoms with van der Waals surface area (Å²) in [6.45, 7) is 5.05. The van der Waals surface area contributed by atoms with Gasteiger partial charge in [-0.1, -0.05) is 44.2 Å². The molecule has 0 unspecified atom stereocenters. The Kier molecular flexibility index (Phi) is 11.8. The van der Waals surface area contributed by atoms with E-state index in [2.05, 4.69) is 4.72 Å². The number of hydrogen-bond acceptors (Lipinski definition) is 7. The molecule has 0 fully saturated rings. The highest BCUT2D eigenvalue weighted by atomic mass is 32.2. The van der Waals surface area contributed by atoms with Crippen LogP contribution < -0.4 is 4.72 Å². The standard InChI is InChI=1S/C35H44FN3O6S/c1-22(2)34-30(16-14-26(40)19-27(41)20-32(42)43)33(24-9-12-25(36)13-10-24)29-8-5-7-23-11-15-28(21-31(23)35(29)38-34)46(44,45)37-17-6-18-39(3)4/h9-16,21-22,26-27,37,40-41H,5-8,17-20H2,1-4H3,(H,42,43)/b16-14+/t26-,27-/m1/s1. The van der Waals surface area contributed by atoms with Crippen molar-refractivity contribution in [1.82, 2.24) is 14.6 Å². The summed E-state index contributed by atoms with van der Waals surface area (Å²) in [5, 5.41) is 29.7. The van der Waals surface area contributed by atoms with Gasteiger partial charge in [0.15, 0.2) is 0 Å². The number of aliphatic hydroxyl groups is 2. The fraction of sp³-hybridized carbons (Fsp3) is 0.429. The third-order valence-electron chi connectivity index (χ3n) is 8.05. The van der Waals surface area contributed by atoms with Crippen molar-refractivity contribution in [3.05, 3.63) is 76.7 Å². The van der Waals surface area contributed by atoms with Gasteiger partial charge in [-0.05, 0) is 98.8 Å². The van der Waals surface area contributed by atoms with Crippen LogP contribution in [-0.2, 0) is 27.7 Å². The zero-order chi connectivity index (χ0) is 33.6. The lowest BCUT2D eigenvalue weighted by molar-refractivity contribution is -0.139. The molecule has 2 aromatic carbocycles. The number of halogens is 1. The zero-order valence-electron chi connectivity index (χ0n) is 26.8. The van der Waals surface area contributed by atoms with Crippen LogP contribution in [0.2, 0.25) is 0 Å². The Morgan fingerprint density at radius 1 is 1.11 bits per heavy atom. The molecule has 9 nitrogen and oxygen atoms in total. The highest BCUT2D eigenvalue weighted by Crippen LogP contribution is 2.42. The fourth-order valence-electron chi connectivity index (χ4n) is 5.83. The van der Waals surface area contributed by atoms with Crippen LogP contribution in [0.5, 0.6) is 0 Å². The molecular weight excluding hydrogens is 609 g/mol. The Morgan fingerprint density at radius 3 is 2.48 bits per heavy atom. The first-order valence-corrected chi connectivity index (χ1v) is 17.1. The molecule has 3 aromatic rings. The lowest BCUT2D eigenvalue weighted by atomic mass is 9.86. The van der Waals surface area contributed by atoms with E-state index in [4.69, 9.17) is 10.1 Å². The van der Waals surface area contributed by atoms with Crippen LogP contribution in [0.1, 0.15) is 67.8 Å². The zero-order valence-corrected chi connectivity index (χ0v) is 27.6. The van der Waals surface area contributed by atoms with Crippen molar-refractivity contribution in [2.24, 2.45) is 0 Å². The van der Waals surface area contributed by atoms with Crippen molar-refractivity contribution >= 4 is 22.1 Å². The van der Waals surface area contributed by atoms with E-state index in [-0.39, 0.29) is 23.1 Å². The molecule has 0 aliphatic heterocycles. The van der Waals surface area contributed by atoms with Crippen molar-refractivity contribution < 1.29 is 32.9 Å². The maximum atomic E-state index is 14.1. The summed E-state index contributed by atoms with van der Waals surface area (Å²) in [4.78, 5) is 18.3. The highest BCUT2D eigenvalue weighted by molar-refractivity contribution is 7.89. The average molecular weight is 654 g/mol. The predicted molar refractivity (Wildman–Crippen MR) is 177 cm³/mol. The minimum absolute atomic E-state index is 0.0872. The lowest BCUT2D eigenvalue weighted by Crippen LogP contribution is -2.27. The van der Waals surface area contributed by atoms with Crippen molar-refractivity contribution in [1.29, 1.82) is 0 Å². The smallest absolute Gasteiger partial charge is 0.305 e. The van der Waals surface area contributed by atoms with Gasteiger partial charge < -0.3 is 20.2 Å². The number of sulfonamides is 1. The Labute approximate surface area is 270 Å². The third kappa shape index (κ3) is 8.86. The maximum absolute atomic E-state index is 14.1. The van der Waals surface area contributed by atoms with Crippen molar-refractivity contribution in [3.8, 4) is 22.4 Å². The van der Waals surface area contributed by atoms with Crippen LogP contribution in [0, 0.1) is 5.82 Å². The molecule has 4 rings (SSSR count). The third-order valence-corrected chi connectivity index (χ3v) is 9.51. The summed E-state index contributed by atoms with van der Waals surface area (Å²) < 4.78 is 43.5. The molecule has 4 N–H and O–H groups in total. The topological polar surface area (TPSA) is 140 Å². The van der Waals surface area contributed by atoms with Gasteiger partial charge in [0.25, 0.3) is 0 Å². The van der Waals surface area contributed by atoms with Gasteiger partial charge in [0.2, 0.25) is 10.0 Å². The monoisotopic (exact) mass is 653 g/mol. The Bertz CT molecular complexity index is 1670. The van der Waals surface area contributed by atoms with Crippen LogP contribution in [-0.4, -0.2) is 79.0 Å². The number of nitrogens with zero attached hydrogens (tertiary/aromatic N) is 2. The first-order valence-electron chi connectivity index (χ1n) is 15.6. The Hall–Kier alpha value is -3.48. The van der Waals surface area contributed by atoms with Crippen molar-refractivity contribution in [2.75, 3.05) is 27.2 Å². The molecule has 0 radical (unpaired) electrons. The molecule has 0 spiro atoms. The van der Waals surface area contributed by atoms with E-state index < -0.39 is 34.6 Å². The first kappa shape index (κ1) is 35.4. The van der Waals surface area contributed by atoms with E-state index in [9.17, 15) is 27.8 Å². The second-order valence-electron chi connectivity index (χ2n) is 12.4. The normalized spacial score (nSPS) is 14.7. The average Bonchev–Trinajstić information content (AvgIpc) is 3.16. The quantitative estimate of drug-likeness (QED) is 0.178. The van der Waals surface area contributed by atoms with Crippen LogP contribution in [0.4, 0.5) is 4.39 Å². The number of fused-ring (bicyclic) bond motifs is 3. The van der Waals surface area contributed by atoms with Gasteiger partial charge in [0.1, 0.15) is 5.82 Å². The molecule has 0 saturated heterocycles. The number of aromatic nitrogens is 1. The minimum Gasteiger partial charge on any atom is -0.481 e. The maximum Gasteiger partial charge on any atom is 0.305 e. The molecule has 1 heterocycles. The van der Waals surface area contributed by atoms with E-state index in [0.717, 1.165) is 46.3 Å². The number of benzene rings is 2. The van der Waals surface area contributed by atoms with E-state index in [1.54, 1.807) is 30.3 Å². The van der Waals surface area contributed by atoms with Crippen molar-refractivity contribution in [3.63, 3.8) is 0 Å². The van der Waals surface area contributed by atoms with E-state index in [0.29, 0.717) is 37.2 Å². The molecule has 2 atom stereocenters. The van der Waals surface area contributed by atoms with Gasteiger partial charge in [0.05, 0.1) is 34.9 Å². The summed E-state index contributed by atoms with van der Waals surface area (Å²) in [6.07, 6.45) is 3.09. The van der Waals surface area contributed by atoms with E-state index >= 15 is 0 Å². The number of hydrogen-bond donors (Lipinski definition) is 4. The summed E-state index contributed by atoms with van der Waals surface area (Å²) in [6, 6.07) is 11.4. The summed E-state index contributed by atoms with van der Waals surface area (Å²) >= 11 is 0. The molecule has 1 aromatic heterocycles. The number of pyridine rings is 1. The number of aryl methyl sites for hydroxylation is 1. The molecule has 11 heteroatoms. The number of nitrogens with one attached hydrogen (secondary N) is 1. The molecule has 0 amide bonds. The number of rotatable bonds is 14. The fourth-order valence-corrected chi connectivity index (χ4v) is 6.93. The molecule has 1 aliphatic rings. The number of carboxylic acids is 1. The van der Waals surface area contributed by atoms with Gasteiger partial charge in [-0.15, -0.1) is 0 Å². The van der Waals surface area contributed by atoms with E-state index in [1.165, 1.54) is 18.2 Å². The van der Waals surface area contributed by atoms with Crippen molar-refractivity contribution in [2.45, 2.75) is 75.4 Å². The van der Waals surface area contributed by atoms with Crippen LogP contribution in [0.3, 0.4) is 0 Å². The number of aliphatic hydroxyl groups excluding tert-OH is 2. The van der Waals surface area contributed by atoms with Gasteiger partial charge >= 0.3 is 5.97 Å². The largest absolute Gasteiger partial charge is 0.481 e. The summed E-state index contributed by atoms with van der Waals surface area (Å²) in [5.41, 5.74) is 6.28. The predicted octanol–water partition coefficient (Wildman–Crippen LogP) is 5.00. The minimum atomic E-state index is -3.78. The number of carbonyl (C=O) groups is 1. The number of carboxylic acid groups (broad SMARTS) is 1. The van der Waals surface area contributed by atoms with Gasteiger partial charge in [0, 0.05) is 24.1 Å². The first-order chi connectivity index (χ1) is 21.8. The molecule has 248 valence electrons. The highest BCUT2D eigenvalue weighted by Gasteiger charge is 2.27. The lowest BCUT2D eigenvalue weighted by Gasteiger charge is -2.22. The Morgan fingerprint density at radius 2 is 1.83 bits per heavy atom. The molecular formula is C35H44FN3O6S. The van der Waals surface area contributed by atoms with Crippen LogP contribution >= 0.6 is 0 Å². The van der Waals surface area contributed by atoms with Crippen LogP contribution in [0.15, 0.2) is 53.4 Å². The number of aliphatic carboxylic acids is 1. The van der Waals surface area contributed by atoms with Gasteiger partial charge in [-0.2, -0.15) is 0 Å². The molecule has 46 heavy (non-hydrogen) atoms. The second-order valence-corrected chi connectivity index (χ2v) is 14.2. The van der Waals surface area contributed by atoms with Gasteiger partial charge in [-0.25, -0.2) is 17.5 Å². The summed E-state index contributed by atoms with van der Waals surface area (Å²) in [5.74, 6) is -1.63. The van der Waals surface area contributed by atoms with Crippen LogP contribution in [0.25, 0.3) is 28.5 Å². The summed E-state index contributed by atoms with van der Waals surface area (Å²) in [7, 11) is 0.0977. The second kappa shape index (κ2) is 15.4. The van der Waals surface area contributed by atoms with Gasteiger partial charge in [-0.3, -0.25) is 9.78 Å². The Balaban J connectivity index is 1.87. The molecule has 1 aliphatic carbocycles. The molecule has 0 bridgehead atoms. The van der Waals surface area contributed by atoms with E-state index in [1.807, 2.05) is 38.9 Å².